The van der Waals surface area contributed by atoms with Crippen LogP contribution in [0, 0.1) is 5.92 Å². The van der Waals surface area contributed by atoms with Gasteiger partial charge in [-0.25, -0.2) is 9.78 Å². The number of carbonyl (C=O) groups is 3. The SMILES string of the molecule is CC(C)CCCC(=O)Cc1sc2c(c1-c1nc3cc(C(=O)N(C)C)ccc3s1)CCN(C(=O)OC(C)(C)C)C2. The van der Waals surface area contributed by atoms with Crippen molar-refractivity contribution in [3.63, 3.8) is 0 Å². The fourth-order valence-electron chi connectivity index (χ4n) is 4.72. The number of fused-ring (bicyclic) bond motifs is 2. The third-order valence-electron chi connectivity index (χ3n) is 6.63. The van der Waals surface area contributed by atoms with E-state index in [1.807, 2.05) is 39.0 Å². The Morgan fingerprint density at radius 1 is 1.15 bits per heavy atom. The lowest BCUT2D eigenvalue weighted by molar-refractivity contribution is -0.118. The molecule has 0 unspecified atom stereocenters. The quantitative estimate of drug-likeness (QED) is 0.293. The zero-order valence-corrected chi connectivity index (χ0v) is 25.7. The number of ketones is 1. The molecule has 0 atom stereocenters. The number of amides is 2. The molecule has 0 saturated heterocycles. The van der Waals surface area contributed by atoms with Crippen LogP contribution in [0.5, 0.6) is 0 Å². The Labute approximate surface area is 239 Å². The van der Waals surface area contributed by atoms with Crippen LogP contribution in [0.2, 0.25) is 0 Å². The molecule has 0 aliphatic carbocycles. The van der Waals surface area contributed by atoms with Gasteiger partial charge in [0.15, 0.2) is 0 Å². The average molecular weight is 570 g/mol. The van der Waals surface area contributed by atoms with Crippen LogP contribution < -0.4 is 0 Å². The minimum atomic E-state index is -0.556. The molecule has 0 radical (unpaired) electrons. The Morgan fingerprint density at radius 3 is 2.56 bits per heavy atom. The second kappa shape index (κ2) is 11.8. The van der Waals surface area contributed by atoms with Crippen molar-refractivity contribution in [2.24, 2.45) is 5.92 Å². The van der Waals surface area contributed by atoms with E-state index in [9.17, 15) is 14.4 Å². The van der Waals surface area contributed by atoms with E-state index in [2.05, 4.69) is 13.8 Å². The van der Waals surface area contributed by atoms with Crippen molar-refractivity contribution in [1.29, 1.82) is 0 Å². The molecule has 2 aromatic heterocycles. The predicted octanol–water partition coefficient (Wildman–Crippen LogP) is 6.96. The number of hydrogen-bond acceptors (Lipinski definition) is 7. The molecule has 39 heavy (non-hydrogen) atoms. The van der Waals surface area contributed by atoms with Crippen LogP contribution in [0.15, 0.2) is 18.2 Å². The fourth-order valence-corrected chi connectivity index (χ4v) is 7.23. The van der Waals surface area contributed by atoms with E-state index in [0.717, 1.165) is 43.4 Å². The molecular formula is C30H39N3O4S2. The number of hydrogen-bond donors (Lipinski definition) is 0. The van der Waals surface area contributed by atoms with Gasteiger partial charge in [-0.15, -0.1) is 22.7 Å². The molecular weight excluding hydrogens is 530 g/mol. The van der Waals surface area contributed by atoms with Crippen LogP contribution >= 0.6 is 22.7 Å². The number of Topliss-reactive ketones (excluding diaryl/α,β-unsaturated/α-hetero) is 1. The molecule has 0 saturated carbocycles. The number of thiophene rings is 1. The van der Waals surface area contributed by atoms with Gasteiger partial charge in [-0.05, 0) is 63.3 Å². The molecule has 2 amide bonds. The zero-order valence-electron chi connectivity index (χ0n) is 24.1. The van der Waals surface area contributed by atoms with Crippen molar-refractivity contribution in [3.8, 4) is 10.6 Å². The van der Waals surface area contributed by atoms with E-state index in [4.69, 9.17) is 9.72 Å². The van der Waals surface area contributed by atoms with Gasteiger partial charge in [-0.3, -0.25) is 9.59 Å². The molecule has 3 aromatic rings. The topological polar surface area (TPSA) is 79.8 Å². The first-order valence-corrected chi connectivity index (χ1v) is 15.2. The summed E-state index contributed by atoms with van der Waals surface area (Å²) in [4.78, 5) is 48.7. The number of ether oxygens (including phenoxy) is 1. The average Bonchev–Trinajstić information content (AvgIpc) is 3.41. The largest absolute Gasteiger partial charge is 0.444 e. The van der Waals surface area contributed by atoms with Crippen molar-refractivity contribution in [2.75, 3.05) is 20.6 Å². The van der Waals surface area contributed by atoms with Crippen molar-refractivity contribution in [1.82, 2.24) is 14.8 Å². The maximum absolute atomic E-state index is 13.0. The molecule has 210 valence electrons. The summed E-state index contributed by atoms with van der Waals surface area (Å²) in [6.07, 6.45) is 3.25. The van der Waals surface area contributed by atoms with E-state index in [1.165, 1.54) is 5.56 Å². The highest BCUT2D eigenvalue weighted by Gasteiger charge is 2.31. The molecule has 7 nitrogen and oxygen atoms in total. The highest BCUT2D eigenvalue weighted by Crippen LogP contribution is 2.43. The number of nitrogens with zero attached hydrogens (tertiary/aromatic N) is 3. The van der Waals surface area contributed by atoms with Gasteiger partial charge < -0.3 is 14.5 Å². The summed E-state index contributed by atoms with van der Waals surface area (Å²) in [6.45, 7) is 11.0. The van der Waals surface area contributed by atoms with Gasteiger partial charge in [0.1, 0.15) is 16.4 Å². The maximum Gasteiger partial charge on any atom is 0.410 e. The van der Waals surface area contributed by atoms with Crippen LogP contribution in [0.4, 0.5) is 4.79 Å². The van der Waals surface area contributed by atoms with Gasteiger partial charge in [0.2, 0.25) is 0 Å². The summed E-state index contributed by atoms with van der Waals surface area (Å²) >= 11 is 3.21. The molecule has 0 bridgehead atoms. The highest BCUT2D eigenvalue weighted by molar-refractivity contribution is 7.22. The van der Waals surface area contributed by atoms with Crippen molar-refractivity contribution in [2.45, 2.75) is 78.9 Å². The minimum absolute atomic E-state index is 0.0609. The third kappa shape index (κ3) is 7.06. The van der Waals surface area contributed by atoms with Gasteiger partial charge in [0.25, 0.3) is 5.91 Å². The number of benzene rings is 1. The number of aromatic nitrogens is 1. The first-order chi connectivity index (χ1) is 18.3. The van der Waals surface area contributed by atoms with Gasteiger partial charge in [0, 0.05) is 54.4 Å². The second-order valence-electron chi connectivity index (χ2n) is 11.9. The van der Waals surface area contributed by atoms with Gasteiger partial charge in [0.05, 0.1) is 16.8 Å². The molecule has 4 rings (SSSR count). The number of carbonyl (C=O) groups excluding carboxylic acids is 3. The van der Waals surface area contributed by atoms with Crippen LogP contribution in [0.3, 0.4) is 0 Å². The van der Waals surface area contributed by atoms with Gasteiger partial charge >= 0.3 is 6.09 Å². The molecule has 1 aliphatic rings. The van der Waals surface area contributed by atoms with Gasteiger partial charge in [-0.2, -0.15) is 0 Å². The predicted molar refractivity (Wildman–Crippen MR) is 159 cm³/mol. The molecule has 0 fully saturated rings. The monoisotopic (exact) mass is 569 g/mol. The summed E-state index contributed by atoms with van der Waals surface area (Å²) in [5.41, 5.74) is 3.04. The molecule has 0 N–H and O–H groups in total. The van der Waals surface area contributed by atoms with Crippen molar-refractivity contribution < 1.29 is 19.1 Å². The van der Waals surface area contributed by atoms with E-state index in [1.54, 1.807) is 46.6 Å². The standard InChI is InChI=1S/C30H39N3O4S2/c1-18(2)9-8-10-20(34)16-24-26(21-13-14-33(17-25(21)38-24)29(36)37-30(3,4)5)27-31-22-15-19(28(35)32(6)7)11-12-23(22)39-27/h11-12,15,18H,8-10,13-14,16-17H2,1-7H3. The summed E-state index contributed by atoms with van der Waals surface area (Å²) in [6, 6.07) is 5.64. The Bertz CT molecular complexity index is 1380. The Kier molecular flexibility index (Phi) is 8.81. The summed E-state index contributed by atoms with van der Waals surface area (Å²) in [7, 11) is 3.48. The third-order valence-corrected chi connectivity index (χ3v) is 8.90. The Hall–Kier alpha value is -2.78. The Balaban J connectivity index is 1.69. The van der Waals surface area contributed by atoms with E-state index in [-0.39, 0.29) is 17.8 Å². The molecule has 1 aromatic carbocycles. The first kappa shape index (κ1) is 29.2. The van der Waals surface area contributed by atoms with E-state index in [0.29, 0.717) is 43.8 Å². The van der Waals surface area contributed by atoms with Crippen molar-refractivity contribution in [3.05, 3.63) is 39.1 Å². The van der Waals surface area contributed by atoms with Crippen molar-refractivity contribution >= 4 is 50.7 Å². The lowest BCUT2D eigenvalue weighted by Gasteiger charge is -2.30. The van der Waals surface area contributed by atoms with E-state index < -0.39 is 5.60 Å². The summed E-state index contributed by atoms with van der Waals surface area (Å²) in [5.74, 6) is 0.752. The number of thiazole rings is 1. The lowest BCUT2D eigenvalue weighted by atomic mass is 9.99. The lowest BCUT2D eigenvalue weighted by Crippen LogP contribution is -2.39. The molecule has 0 spiro atoms. The second-order valence-corrected chi connectivity index (χ2v) is 14.1. The number of rotatable bonds is 8. The van der Waals surface area contributed by atoms with E-state index >= 15 is 0 Å². The first-order valence-electron chi connectivity index (χ1n) is 13.6. The van der Waals surface area contributed by atoms with Gasteiger partial charge in [-0.1, -0.05) is 20.3 Å². The maximum atomic E-state index is 13.0. The molecule has 9 heteroatoms. The Morgan fingerprint density at radius 2 is 1.90 bits per heavy atom. The van der Waals surface area contributed by atoms with Crippen LogP contribution in [0.1, 0.15) is 79.6 Å². The van der Waals surface area contributed by atoms with Crippen LogP contribution in [-0.2, 0) is 28.9 Å². The normalized spacial score (nSPS) is 13.6. The summed E-state index contributed by atoms with van der Waals surface area (Å²) < 4.78 is 6.63. The smallest absolute Gasteiger partial charge is 0.410 e. The van der Waals surface area contributed by atoms with Crippen LogP contribution in [0.25, 0.3) is 20.8 Å². The molecule has 3 heterocycles. The zero-order chi connectivity index (χ0) is 28.5. The molecule has 1 aliphatic heterocycles. The van der Waals surface area contributed by atoms with Crippen LogP contribution in [-0.4, -0.2) is 58.8 Å². The fraction of sp³-hybridized carbons (Fsp3) is 0.533. The summed E-state index contributed by atoms with van der Waals surface area (Å²) in [5, 5.41) is 0.868. The highest BCUT2D eigenvalue weighted by atomic mass is 32.1. The minimum Gasteiger partial charge on any atom is -0.444 e.